The molecule has 0 atom stereocenters. The summed E-state index contributed by atoms with van der Waals surface area (Å²) >= 11 is 0. The van der Waals surface area contributed by atoms with Crippen LogP contribution in [0.2, 0.25) is 0 Å². The number of fused-ring (bicyclic) bond motifs is 1. The van der Waals surface area contributed by atoms with Crippen molar-refractivity contribution in [3.63, 3.8) is 0 Å². The number of anilines is 2. The second kappa shape index (κ2) is 9.35. The largest absolute Gasteiger partial charge is 0.493 e. The molecule has 0 bridgehead atoms. The molecule has 176 valence electrons. The topological polar surface area (TPSA) is 120 Å². The van der Waals surface area contributed by atoms with Crippen molar-refractivity contribution in [3.05, 3.63) is 46.0 Å². The number of hydrogen-bond acceptors (Lipinski definition) is 7. The highest BCUT2D eigenvalue weighted by Gasteiger charge is 2.37. The minimum Gasteiger partial charge on any atom is -0.493 e. The first-order valence-electron chi connectivity index (χ1n) is 10.4. The molecule has 0 aliphatic carbocycles. The van der Waals surface area contributed by atoms with Crippen LogP contribution >= 0.6 is 0 Å². The van der Waals surface area contributed by atoms with Crippen LogP contribution < -0.4 is 24.4 Å². The monoisotopic (exact) mass is 457 g/mol. The molecule has 0 saturated heterocycles. The lowest BCUT2D eigenvalue weighted by Crippen LogP contribution is -2.42. The van der Waals surface area contributed by atoms with E-state index in [1.807, 2.05) is 20.8 Å². The van der Waals surface area contributed by atoms with Crippen molar-refractivity contribution in [2.75, 3.05) is 37.6 Å². The number of carbonyl (C=O) groups excluding carboxylic acids is 2. The molecule has 0 saturated carbocycles. The lowest BCUT2D eigenvalue weighted by molar-refractivity contribution is -0.385. The van der Waals surface area contributed by atoms with Crippen LogP contribution in [0.1, 0.15) is 37.6 Å². The molecule has 1 aliphatic rings. The van der Waals surface area contributed by atoms with Gasteiger partial charge in [0.25, 0.3) is 11.6 Å². The Bertz CT molecular complexity index is 1100. The van der Waals surface area contributed by atoms with E-state index in [9.17, 15) is 19.7 Å². The van der Waals surface area contributed by atoms with Gasteiger partial charge in [-0.15, -0.1) is 0 Å². The molecule has 0 spiro atoms. The summed E-state index contributed by atoms with van der Waals surface area (Å²) in [7, 11) is 2.73. The van der Waals surface area contributed by atoms with Crippen molar-refractivity contribution >= 4 is 28.9 Å². The zero-order chi connectivity index (χ0) is 24.3. The molecule has 0 unspecified atom stereocenters. The van der Waals surface area contributed by atoms with E-state index in [0.29, 0.717) is 23.7 Å². The van der Waals surface area contributed by atoms with Crippen molar-refractivity contribution in [2.45, 2.75) is 27.2 Å². The Morgan fingerprint density at radius 1 is 1.21 bits per heavy atom. The molecule has 1 N–H and O–H groups in total. The van der Waals surface area contributed by atoms with Crippen molar-refractivity contribution in [1.29, 1.82) is 0 Å². The summed E-state index contributed by atoms with van der Waals surface area (Å²) in [4.78, 5) is 38.5. The van der Waals surface area contributed by atoms with E-state index in [4.69, 9.17) is 14.2 Å². The summed E-state index contributed by atoms with van der Waals surface area (Å²) in [5.74, 6) is 0.0396. The summed E-state index contributed by atoms with van der Waals surface area (Å²) in [6.45, 7) is 6.33. The fourth-order valence-electron chi connectivity index (χ4n) is 3.57. The molecule has 0 fully saturated rings. The molecule has 33 heavy (non-hydrogen) atoms. The first-order valence-corrected chi connectivity index (χ1v) is 10.4. The highest BCUT2D eigenvalue weighted by Crippen LogP contribution is 2.39. The summed E-state index contributed by atoms with van der Waals surface area (Å²) in [5, 5.41) is 14.2. The third-order valence-corrected chi connectivity index (χ3v) is 5.31. The van der Waals surface area contributed by atoms with Gasteiger partial charge in [-0.1, -0.05) is 6.92 Å². The van der Waals surface area contributed by atoms with Gasteiger partial charge in [-0.05, 0) is 32.4 Å². The van der Waals surface area contributed by atoms with Crippen LogP contribution in [0.3, 0.4) is 0 Å². The van der Waals surface area contributed by atoms with E-state index >= 15 is 0 Å². The normalized spacial score (nSPS) is 14.6. The van der Waals surface area contributed by atoms with Gasteiger partial charge in [0, 0.05) is 24.4 Å². The Labute approximate surface area is 191 Å². The Kier molecular flexibility index (Phi) is 6.75. The molecule has 10 heteroatoms. The Hall–Kier alpha value is -3.82. The number of nitrogens with zero attached hydrogens (tertiary/aromatic N) is 2. The summed E-state index contributed by atoms with van der Waals surface area (Å²) in [6.07, 6.45) is 0.767. The summed E-state index contributed by atoms with van der Waals surface area (Å²) < 4.78 is 16.2. The molecular formula is C23H27N3O7. The number of nitrogens with one attached hydrogen (secondary N) is 1. The number of benzene rings is 2. The first-order chi connectivity index (χ1) is 15.6. The number of rotatable bonds is 7. The third-order valence-electron chi connectivity index (χ3n) is 5.31. The van der Waals surface area contributed by atoms with Crippen molar-refractivity contribution in [1.82, 2.24) is 0 Å². The second-order valence-corrected chi connectivity index (χ2v) is 8.25. The Balaban J connectivity index is 1.96. The fourth-order valence-corrected chi connectivity index (χ4v) is 3.57. The average molecular weight is 457 g/mol. The minimum absolute atomic E-state index is 0.0409. The van der Waals surface area contributed by atoms with Gasteiger partial charge in [-0.3, -0.25) is 19.7 Å². The Morgan fingerprint density at radius 3 is 2.48 bits per heavy atom. The van der Waals surface area contributed by atoms with Crippen molar-refractivity contribution in [2.24, 2.45) is 5.41 Å². The van der Waals surface area contributed by atoms with Crippen LogP contribution in [0.4, 0.5) is 17.1 Å². The number of nitro groups is 1. The molecule has 0 aromatic heterocycles. The average Bonchev–Trinajstić information content (AvgIpc) is 2.88. The maximum atomic E-state index is 13.0. The molecular weight excluding hydrogens is 430 g/mol. The van der Waals surface area contributed by atoms with Gasteiger partial charge in [0.05, 0.1) is 36.3 Å². The smallest absolute Gasteiger partial charge is 0.286 e. The van der Waals surface area contributed by atoms with E-state index in [2.05, 4.69) is 5.32 Å². The molecule has 1 aliphatic heterocycles. The summed E-state index contributed by atoms with van der Waals surface area (Å²) in [5.41, 5.74) is -0.332. The molecule has 2 aromatic carbocycles. The molecule has 10 nitrogen and oxygen atoms in total. The zero-order valence-corrected chi connectivity index (χ0v) is 19.3. The Morgan fingerprint density at radius 2 is 1.88 bits per heavy atom. The van der Waals surface area contributed by atoms with Gasteiger partial charge >= 0.3 is 0 Å². The lowest BCUT2D eigenvalue weighted by atomic mass is 9.93. The molecule has 3 rings (SSSR count). The van der Waals surface area contributed by atoms with E-state index in [1.165, 1.54) is 20.3 Å². The van der Waals surface area contributed by atoms with Crippen LogP contribution in [0.5, 0.6) is 17.2 Å². The van der Waals surface area contributed by atoms with Gasteiger partial charge in [-0.25, -0.2) is 0 Å². The van der Waals surface area contributed by atoms with E-state index in [-0.39, 0.29) is 29.6 Å². The molecule has 1 heterocycles. The number of amides is 2. The number of carbonyl (C=O) groups is 2. The quantitative estimate of drug-likeness (QED) is 0.492. The number of ether oxygens (including phenoxy) is 3. The predicted molar refractivity (Wildman–Crippen MR) is 123 cm³/mol. The number of nitro benzene ring substituents is 1. The van der Waals surface area contributed by atoms with Crippen molar-refractivity contribution < 1.29 is 28.7 Å². The maximum absolute atomic E-state index is 13.0. The van der Waals surface area contributed by atoms with Crippen LogP contribution in [0.25, 0.3) is 0 Å². The zero-order valence-electron chi connectivity index (χ0n) is 19.3. The third kappa shape index (κ3) is 4.69. The molecule has 0 radical (unpaired) electrons. The minimum atomic E-state index is -0.710. The van der Waals surface area contributed by atoms with Gasteiger partial charge in [0.2, 0.25) is 5.91 Å². The fraction of sp³-hybridized carbons (Fsp3) is 0.391. The number of hydrogen-bond donors (Lipinski definition) is 1. The van der Waals surface area contributed by atoms with E-state index in [0.717, 1.165) is 12.5 Å². The van der Waals surface area contributed by atoms with Gasteiger partial charge in [0.15, 0.2) is 11.5 Å². The van der Waals surface area contributed by atoms with Crippen LogP contribution in [-0.4, -0.2) is 44.1 Å². The molecule has 2 aromatic rings. The van der Waals surface area contributed by atoms with E-state index in [1.54, 1.807) is 23.1 Å². The van der Waals surface area contributed by atoms with Crippen molar-refractivity contribution in [3.8, 4) is 17.2 Å². The highest BCUT2D eigenvalue weighted by atomic mass is 16.6. The predicted octanol–water partition coefficient (Wildman–Crippen LogP) is 4.03. The van der Waals surface area contributed by atoms with Crippen LogP contribution in [0, 0.1) is 15.5 Å². The number of methoxy groups -OCH3 is 2. The first kappa shape index (κ1) is 23.8. The molecule has 2 amide bonds. The summed E-state index contributed by atoms with van der Waals surface area (Å²) in [6, 6.07) is 7.33. The van der Waals surface area contributed by atoms with Crippen LogP contribution in [0.15, 0.2) is 30.3 Å². The van der Waals surface area contributed by atoms with Gasteiger partial charge < -0.3 is 24.4 Å². The maximum Gasteiger partial charge on any atom is 0.286 e. The second-order valence-electron chi connectivity index (χ2n) is 8.25. The SMILES string of the molecule is CCCN1C(=O)C(C)(C)COc2cc(NC(=O)c3cc(OC)c(OC)cc3[N+](=O)[O-])ccc21. The lowest BCUT2D eigenvalue weighted by Gasteiger charge is -2.27. The van der Waals surface area contributed by atoms with Gasteiger partial charge in [0.1, 0.15) is 17.9 Å². The van der Waals surface area contributed by atoms with Crippen LogP contribution in [-0.2, 0) is 4.79 Å². The standard InChI is InChI=1S/C23H27N3O7/c1-6-9-25-16-8-7-14(10-18(16)33-13-23(2,3)22(25)28)24-21(27)15-11-19(31-4)20(32-5)12-17(15)26(29)30/h7-8,10-12H,6,9,13H2,1-5H3,(H,24,27). The van der Waals surface area contributed by atoms with E-state index < -0.39 is 21.9 Å². The highest BCUT2D eigenvalue weighted by molar-refractivity contribution is 6.08. The van der Waals surface area contributed by atoms with Gasteiger partial charge in [-0.2, -0.15) is 0 Å².